The van der Waals surface area contributed by atoms with Gasteiger partial charge < -0.3 is 5.11 Å². The minimum Gasteiger partial charge on any atom is -0.481 e. The first-order chi connectivity index (χ1) is 9.99. The maximum absolute atomic E-state index is 13.4. The van der Waals surface area contributed by atoms with Gasteiger partial charge in [0.25, 0.3) is 0 Å². The summed E-state index contributed by atoms with van der Waals surface area (Å²) in [5.74, 6) is -3.01. The lowest BCUT2D eigenvalue weighted by molar-refractivity contribution is -0.137. The molecule has 2 aromatic carbocycles. The van der Waals surface area contributed by atoms with Crippen molar-refractivity contribution in [1.82, 2.24) is 0 Å². The van der Waals surface area contributed by atoms with Gasteiger partial charge in [-0.2, -0.15) is 0 Å². The molecule has 2 rings (SSSR count). The van der Waals surface area contributed by atoms with Crippen LogP contribution >= 0.6 is 11.8 Å². The van der Waals surface area contributed by atoms with Crippen LogP contribution in [-0.2, 0) is 4.79 Å². The molecule has 0 aliphatic carbocycles. The number of hydrogen-bond acceptors (Lipinski definition) is 2. The summed E-state index contributed by atoms with van der Waals surface area (Å²) in [6.07, 6.45) is 1.72. The summed E-state index contributed by atoms with van der Waals surface area (Å²) in [4.78, 5) is 12.1. The predicted molar refractivity (Wildman–Crippen MR) is 78.7 cm³/mol. The Morgan fingerprint density at radius 3 is 2.14 bits per heavy atom. The Labute approximate surface area is 125 Å². The molecular weight excluding hydrogens is 294 g/mol. The molecule has 0 amide bonds. The van der Waals surface area contributed by atoms with E-state index in [1.54, 1.807) is 23.9 Å². The zero-order valence-corrected chi connectivity index (χ0v) is 12.2. The van der Waals surface area contributed by atoms with Crippen LogP contribution in [0.5, 0.6) is 0 Å². The summed E-state index contributed by atoms with van der Waals surface area (Å²) in [7, 11) is 0. The maximum Gasteiger partial charge on any atom is 0.304 e. The zero-order chi connectivity index (χ0) is 15.4. The third-order valence-electron chi connectivity index (χ3n) is 3.18. The third-order valence-corrected chi connectivity index (χ3v) is 3.93. The van der Waals surface area contributed by atoms with Crippen molar-refractivity contribution in [3.63, 3.8) is 0 Å². The molecular formula is C16H14F2O2S. The molecule has 0 spiro atoms. The van der Waals surface area contributed by atoms with Gasteiger partial charge in [0.15, 0.2) is 0 Å². The van der Waals surface area contributed by atoms with Crippen LogP contribution in [0, 0.1) is 11.6 Å². The molecule has 0 radical (unpaired) electrons. The van der Waals surface area contributed by atoms with Crippen LogP contribution in [0.25, 0.3) is 0 Å². The van der Waals surface area contributed by atoms with Gasteiger partial charge in [-0.1, -0.05) is 12.1 Å². The summed E-state index contributed by atoms with van der Waals surface area (Å²) in [6.45, 7) is 0. The molecule has 0 saturated carbocycles. The lowest BCUT2D eigenvalue weighted by atomic mass is 9.88. The Morgan fingerprint density at radius 2 is 1.67 bits per heavy atom. The molecule has 0 fully saturated rings. The second kappa shape index (κ2) is 6.72. The minimum atomic E-state index is -1.02. The lowest BCUT2D eigenvalue weighted by Crippen LogP contribution is -2.08. The summed E-state index contributed by atoms with van der Waals surface area (Å²) < 4.78 is 26.7. The molecule has 0 aliphatic heterocycles. The standard InChI is InChI=1S/C16H14F2O2S/c1-21-14-4-2-10(3-5-14)15(9-16(19)20)11-6-12(17)8-13(18)7-11/h2-8,15H,9H2,1H3,(H,19,20)/t15-/m1/s1. The molecule has 2 aromatic rings. The van der Waals surface area contributed by atoms with Gasteiger partial charge in [0.05, 0.1) is 6.42 Å². The van der Waals surface area contributed by atoms with Crippen LogP contribution in [0.3, 0.4) is 0 Å². The number of benzene rings is 2. The lowest BCUT2D eigenvalue weighted by Gasteiger charge is -2.16. The first-order valence-electron chi connectivity index (χ1n) is 6.31. The molecule has 0 aromatic heterocycles. The second-order valence-corrected chi connectivity index (χ2v) is 5.51. The quantitative estimate of drug-likeness (QED) is 0.837. The van der Waals surface area contributed by atoms with Crippen molar-refractivity contribution in [2.45, 2.75) is 17.2 Å². The van der Waals surface area contributed by atoms with Crippen molar-refractivity contribution in [3.05, 3.63) is 65.2 Å². The summed E-state index contributed by atoms with van der Waals surface area (Å²) in [5, 5.41) is 9.05. The van der Waals surface area contributed by atoms with E-state index in [1.165, 1.54) is 12.1 Å². The summed E-state index contributed by atoms with van der Waals surface area (Å²) >= 11 is 1.57. The van der Waals surface area contributed by atoms with E-state index in [2.05, 4.69) is 0 Å². The number of halogens is 2. The Kier molecular flexibility index (Phi) is 4.96. The van der Waals surface area contributed by atoms with Gasteiger partial charge in [0.2, 0.25) is 0 Å². The number of carbonyl (C=O) groups is 1. The summed E-state index contributed by atoms with van der Waals surface area (Å²) in [6, 6.07) is 10.5. The van der Waals surface area contributed by atoms with Crippen LogP contribution in [0.15, 0.2) is 47.4 Å². The van der Waals surface area contributed by atoms with Crippen LogP contribution < -0.4 is 0 Å². The summed E-state index contributed by atoms with van der Waals surface area (Å²) in [5.41, 5.74) is 1.05. The Hall–Kier alpha value is -1.88. The van der Waals surface area contributed by atoms with E-state index in [-0.39, 0.29) is 6.42 Å². The molecule has 1 N–H and O–H groups in total. The molecule has 110 valence electrons. The number of carboxylic acids is 1. The molecule has 1 atom stereocenters. The highest BCUT2D eigenvalue weighted by Crippen LogP contribution is 2.30. The fourth-order valence-corrected chi connectivity index (χ4v) is 2.62. The van der Waals surface area contributed by atoms with E-state index >= 15 is 0 Å². The zero-order valence-electron chi connectivity index (χ0n) is 11.3. The SMILES string of the molecule is CSc1ccc([C@@H](CC(=O)O)c2cc(F)cc(F)c2)cc1. The Bertz CT molecular complexity index is 621. The number of rotatable bonds is 5. The topological polar surface area (TPSA) is 37.3 Å². The molecule has 5 heteroatoms. The smallest absolute Gasteiger partial charge is 0.304 e. The average Bonchev–Trinajstić information content (AvgIpc) is 2.43. The highest BCUT2D eigenvalue weighted by Gasteiger charge is 2.19. The van der Waals surface area contributed by atoms with Crippen molar-refractivity contribution < 1.29 is 18.7 Å². The Balaban J connectivity index is 2.43. The van der Waals surface area contributed by atoms with E-state index < -0.39 is 23.5 Å². The van der Waals surface area contributed by atoms with Crippen molar-refractivity contribution in [2.75, 3.05) is 6.26 Å². The number of hydrogen-bond donors (Lipinski definition) is 1. The van der Waals surface area contributed by atoms with Gasteiger partial charge in [-0.25, -0.2) is 8.78 Å². The van der Waals surface area contributed by atoms with E-state index in [1.807, 2.05) is 18.4 Å². The van der Waals surface area contributed by atoms with Gasteiger partial charge >= 0.3 is 5.97 Å². The molecule has 0 unspecified atom stereocenters. The van der Waals surface area contributed by atoms with Crippen molar-refractivity contribution >= 4 is 17.7 Å². The largest absolute Gasteiger partial charge is 0.481 e. The number of carboxylic acid groups (broad SMARTS) is 1. The van der Waals surface area contributed by atoms with E-state index in [9.17, 15) is 13.6 Å². The first kappa shape index (κ1) is 15.5. The average molecular weight is 308 g/mol. The molecule has 0 aliphatic rings. The van der Waals surface area contributed by atoms with Crippen molar-refractivity contribution in [3.8, 4) is 0 Å². The van der Waals surface area contributed by atoms with Crippen LogP contribution in [0.1, 0.15) is 23.5 Å². The monoisotopic (exact) mass is 308 g/mol. The van der Waals surface area contributed by atoms with Gasteiger partial charge in [-0.05, 0) is 41.6 Å². The van der Waals surface area contributed by atoms with E-state index in [4.69, 9.17) is 5.11 Å². The van der Waals surface area contributed by atoms with Crippen molar-refractivity contribution in [1.29, 1.82) is 0 Å². The van der Waals surface area contributed by atoms with Gasteiger partial charge in [-0.15, -0.1) is 11.8 Å². The highest BCUT2D eigenvalue weighted by atomic mass is 32.2. The van der Waals surface area contributed by atoms with Gasteiger partial charge in [0.1, 0.15) is 11.6 Å². The normalized spacial score (nSPS) is 12.1. The molecule has 0 heterocycles. The van der Waals surface area contributed by atoms with Crippen LogP contribution in [0.2, 0.25) is 0 Å². The fourth-order valence-electron chi connectivity index (χ4n) is 2.22. The number of thioether (sulfide) groups is 1. The third kappa shape index (κ3) is 4.04. The minimum absolute atomic E-state index is 0.221. The number of aliphatic carboxylic acids is 1. The van der Waals surface area contributed by atoms with Crippen LogP contribution in [-0.4, -0.2) is 17.3 Å². The predicted octanol–water partition coefficient (Wildman–Crippen LogP) is 4.29. The fraction of sp³-hybridized carbons (Fsp3) is 0.188. The Morgan fingerprint density at radius 1 is 1.10 bits per heavy atom. The highest BCUT2D eigenvalue weighted by molar-refractivity contribution is 7.98. The van der Waals surface area contributed by atoms with Gasteiger partial charge in [-0.3, -0.25) is 4.79 Å². The molecule has 2 nitrogen and oxygen atoms in total. The molecule has 0 bridgehead atoms. The van der Waals surface area contributed by atoms with Crippen LogP contribution in [0.4, 0.5) is 8.78 Å². The van der Waals surface area contributed by atoms with Crippen molar-refractivity contribution in [2.24, 2.45) is 0 Å². The maximum atomic E-state index is 13.4. The van der Waals surface area contributed by atoms with Gasteiger partial charge in [0, 0.05) is 16.9 Å². The van der Waals surface area contributed by atoms with E-state index in [0.29, 0.717) is 5.56 Å². The second-order valence-electron chi connectivity index (χ2n) is 4.63. The first-order valence-corrected chi connectivity index (χ1v) is 7.54. The van der Waals surface area contributed by atoms with E-state index in [0.717, 1.165) is 16.5 Å². The molecule has 21 heavy (non-hydrogen) atoms. The molecule has 0 saturated heterocycles.